The molecule has 0 amide bonds. The van der Waals surface area contributed by atoms with Crippen LogP contribution in [0.25, 0.3) is 11.1 Å². The highest BCUT2D eigenvalue weighted by atomic mass is 16.5. The molecular formula is C18H16N2O2. The molecule has 0 aliphatic rings. The van der Waals surface area contributed by atoms with Crippen molar-refractivity contribution in [2.75, 3.05) is 6.61 Å². The van der Waals surface area contributed by atoms with Crippen LogP contribution in [-0.2, 0) is 6.42 Å². The van der Waals surface area contributed by atoms with E-state index < -0.39 is 0 Å². The lowest BCUT2D eigenvalue weighted by molar-refractivity contribution is 0.366. The largest absolute Gasteiger partial charge is 0.481 e. The fraction of sp³-hybridized carbons (Fsp3) is 0.222. The van der Waals surface area contributed by atoms with Crippen LogP contribution in [0.2, 0.25) is 0 Å². The minimum absolute atomic E-state index is 0.116. The van der Waals surface area contributed by atoms with Gasteiger partial charge in [-0.1, -0.05) is 18.9 Å². The molecule has 110 valence electrons. The Kier molecular flexibility index (Phi) is 4.66. The predicted molar refractivity (Wildman–Crippen MR) is 85.7 cm³/mol. The molecule has 0 aliphatic heterocycles. The summed E-state index contributed by atoms with van der Waals surface area (Å²) in [5.74, 6) is 3.16. The molecule has 0 spiro atoms. The maximum absolute atomic E-state index is 11.9. The van der Waals surface area contributed by atoms with Crippen molar-refractivity contribution in [1.29, 1.82) is 5.26 Å². The second-order valence-corrected chi connectivity index (χ2v) is 4.85. The molecule has 0 aliphatic carbocycles. The first-order valence-electron chi connectivity index (χ1n) is 6.94. The second-order valence-electron chi connectivity index (χ2n) is 4.85. The van der Waals surface area contributed by atoms with Crippen molar-refractivity contribution in [2.45, 2.75) is 20.3 Å². The Morgan fingerprint density at radius 3 is 2.77 bits per heavy atom. The summed E-state index contributed by atoms with van der Waals surface area (Å²) >= 11 is 0. The molecule has 2 aromatic rings. The van der Waals surface area contributed by atoms with Gasteiger partial charge in [0.1, 0.15) is 24.0 Å². The minimum atomic E-state index is -0.372. The lowest BCUT2D eigenvalue weighted by Gasteiger charge is -2.11. The van der Waals surface area contributed by atoms with E-state index in [1.165, 1.54) is 0 Å². The third kappa shape index (κ3) is 3.02. The van der Waals surface area contributed by atoms with Gasteiger partial charge < -0.3 is 9.72 Å². The molecule has 2 rings (SSSR count). The van der Waals surface area contributed by atoms with E-state index in [9.17, 15) is 10.1 Å². The van der Waals surface area contributed by atoms with Crippen LogP contribution >= 0.6 is 0 Å². The fourth-order valence-electron chi connectivity index (χ4n) is 2.31. The number of hydrogen-bond acceptors (Lipinski definition) is 3. The maximum atomic E-state index is 11.9. The van der Waals surface area contributed by atoms with Gasteiger partial charge in [0.05, 0.1) is 0 Å². The first-order valence-corrected chi connectivity index (χ1v) is 6.94. The van der Waals surface area contributed by atoms with Gasteiger partial charge in [0, 0.05) is 11.3 Å². The molecule has 0 atom stereocenters. The third-order valence-corrected chi connectivity index (χ3v) is 3.34. The van der Waals surface area contributed by atoms with Crippen molar-refractivity contribution in [1.82, 2.24) is 4.98 Å². The van der Waals surface area contributed by atoms with E-state index in [1.807, 2.05) is 31.2 Å². The summed E-state index contributed by atoms with van der Waals surface area (Å²) in [4.78, 5) is 14.5. The quantitative estimate of drug-likeness (QED) is 0.881. The van der Waals surface area contributed by atoms with Crippen molar-refractivity contribution < 1.29 is 4.74 Å². The first-order chi connectivity index (χ1) is 10.6. The number of aromatic amines is 1. The number of hydrogen-bond donors (Lipinski definition) is 1. The Labute approximate surface area is 129 Å². The number of aryl methyl sites for hydroxylation is 2. The average Bonchev–Trinajstić information content (AvgIpc) is 2.52. The molecule has 1 aromatic carbocycles. The van der Waals surface area contributed by atoms with Gasteiger partial charge in [0.15, 0.2) is 0 Å². The summed E-state index contributed by atoms with van der Waals surface area (Å²) in [6.45, 7) is 4.01. The Morgan fingerprint density at radius 2 is 2.14 bits per heavy atom. The highest BCUT2D eigenvalue weighted by Gasteiger charge is 2.12. The highest BCUT2D eigenvalue weighted by Crippen LogP contribution is 2.28. The van der Waals surface area contributed by atoms with Gasteiger partial charge in [-0.25, -0.2) is 0 Å². The minimum Gasteiger partial charge on any atom is -0.481 e. The van der Waals surface area contributed by atoms with Crippen LogP contribution < -0.4 is 10.3 Å². The third-order valence-electron chi connectivity index (χ3n) is 3.34. The van der Waals surface area contributed by atoms with Gasteiger partial charge >= 0.3 is 0 Å². The summed E-state index contributed by atoms with van der Waals surface area (Å²) in [6, 6.07) is 9.36. The first kappa shape index (κ1) is 15.4. The van der Waals surface area contributed by atoms with Crippen LogP contribution in [-0.4, -0.2) is 11.6 Å². The van der Waals surface area contributed by atoms with Gasteiger partial charge in [0.25, 0.3) is 5.56 Å². The zero-order chi connectivity index (χ0) is 16.1. The predicted octanol–water partition coefficient (Wildman–Crippen LogP) is 2.80. The SMILES string of the molecule is C#CCOc1ccc(-c2cc(C)[nH]c(=O)c2C#N)cc1CC. The average molecular weight is 292 g/mol. The number of benzene rings is 1. The Morgan fingerprint density at radius 1 is 1.36 bits per heavy atom. The van der Waals surface area contributed by atoms with Crippen molar-refractivity contribution in [3.63, 3.8) is 0 Å². The lowest BCUT2D eigenvalue weighted by atomic mass is 9.98. The van der Waals surface area contributed by atoms with Crippen LogP contribution in [0.3, 0.4) is 0 Å². The molecule has 0 fully saturated rings. The zero-order valence-electron chi connectivity index (χ0n) is 12.6. The topological polar surface area (TPSA) is 65.9 Å². The zero-order valence-corrected chi connectivity index (χ0v) is 12.6. The molecule has 1 heterocycles. The van der Waals surface area contributed by atoms with Crippen LogP contribution in [0, 0.1) is 30.6 Å². The van der Waals surface area contributed by atoms with Gasteiger partial charge in [-0.3, -0.25) is 4.79 Å². The van der Waals surface area contributed by atoms with Crippen LogP contribution in [0.1, 0.15) is 23.7 Å². The maximum Gasteiger partial charge on any atom is 0.266 e. The van der Waals surface area contributed by atoms with Crippen LogP contribution in [0.4, 0.5) is 0 Å². The second kappa shape index (κ2) is 6.65. The van der Waals surface area contributed by atoms with Gasteiger partial charge in [-0.2, -0.15) is 5.26 Å². The molecule has 1 aromatic heterocycles. The number of rotatable bonds is 4. The summed E-state index contributed by atoms with van der Waals surface area (Å²) in [5, 5.41) is 9.23. The summed E-state index contributed by atoms with van der Waals surface area (Å²) < 4.78 is 5.50. The van der Waals surface area contributed by atoms with Gasteiger partial charge in [-0.15, -0.1) is 6.42 Å². The number of nitrogens with zero attached hydrogens (tertiary/aromatic N) is 1. The normalized spacial score (nSPS) is 9.82. The highest BCUT2D eigenvalue weighted by molar-refractivity contribution is 5.71. The number of ether oxygens (including phenoxy) is 1. The van der Waals surface area contributed by atoms with Gasteiger partial charge in [-0.05, 0) is 42.7 Å². The molecule has 4 nitrogen and oxygen atoms in total. The molecule has 22 heavy (non-hydrogen) atoms. The lowest BCUT2D eigenvalue weighted by Crippen LogP contribution is -2.12. The van der Waals surface area contributed by atoms with E-state index in [0.29, 0.717) is 11.3 Å². The Bertz CT molecular complexity index is 836. The summed E-state index contributed by atoms with van der Waals surface area (Å²) in [5.41, 5.74) is 2.88. The Balaban J connectivity index is 2.58. The van der Waals surface area contributed by atoms with Crippen molar-refractivity contribution in [3.05, 3.63) is 51.4 Å². The summed E-state index contributed by atoms with van der Waals surface area (Å²) in [6.07, 6.45) is 5.97. The summed E-state index contributed by atoms with van der Waals surface area (Å²) in [7, 11) is 0. The van der Waals surface area contributed by atoms with E-state index in [4.69, 9.17) is 11.2 Å². The fourth-order valence-corrected chi connectivity index (χ4v) is 2.31. The van der Waals surface area contributed by atoms with Crippen LogP contribution in [0.5, 0.6) is 5.75 Å². The van der Waals surface area contributed by atoms with E-state index in [-0.39, 0.29) is 17.7 Å². The van der Waals surface area contributed by atoms with Crippen molar-refractivity contribution in [2.24, 2.45) is 0 Å². The number of terminal acetylenes is 1. The standard InChI is InChI=1S/C18H16N2O2/c1-4-8-22-17-7-6-14(10-13(17)5-2)15-9-12(3)20-18(21)16(15)11-19/h1,6-7,9-10H,5,8H2,2-3H3,(H,20,21). The molecule has 0 bridgehead atoms. The molecule has 0 saturated heterocycles. The molecular weight excluding hydrogens is 276 g/mol. The van der Waals surface area contributed by atoms with E-state index >= 15 is 0 Å². The van der Waals surface area contributed by atoms with Crippen molar-refractivity contribution in [3.8, 4) is 35.3 Å². The monoisotopic (exact) mass is 292 g/mol. The van der Waals surface area contributed by atoms with Gasteiger partial charge in [0.2, 0.25) is 0 Å². The molecule has 0 radical (unpaired) electrons. The van der Waals surface area contributed by atoms with Crippen LogP contribution in [0.15, 0.2) is 29.1 Å². The Hall–Kier alpha value is -2.98. The smallest absolute Gasteiger partial charge is 0.266 e. The van der Waals surface area contributed by atoms with E-state index in [0.717, 1.165) is 23.3 Å². The van der Waals surface area contributed by atoms with E-state index in [2.05, 4.69) is 10.9 Å². The number of aromatic nitrogens is 1. The molecule has 0 unspecified atom stereocenters. The molecule has 4 heteroatoms. The molecule has 1 N–H and O–H groups in total. The number of pyridine rings is 1. The number of H-pyrrole nitrogens is 1. The van der Waals surface area contributed by atoms with Crippen molar-refractivity contribution >= 4 is 0 Å². The van der Waals surface area contributed by atoms with E-state index in [1.54, 1.807) is 13.0 Å². The number of nitriles is 1. The number of nitrogens with one attached hydrogen (secondary N) is 1. The molecule has 0 saturated carbocycles.